The summed E-state index contributed by atoms with van der Waals surface area (Å²) in [4.78, 5) is 60.3. The molecule has 0 unspecified atom stereocenters. The molecule has 0 aliphatic carbocycles. The number of fused-ring (bicyclic) bond motifs is 1. The Hall–Kier alpha value is -3.01. The molecule has 0 N–H and O–H groups in total. The molecule has 10 nitrogen and oxygen atoms in total. The quantitative estimate of drug-likeness (QED) is 0.558. The van der Waals surface area contributed by atoms with Gasteiger partial charge in [-0.25, -0.2) is 14.4 Å². The fraction of sp³-hybridized carbons (Fsp3) is 0.600. The number of imide groups is 1. The van der Waals surface area contributed by atoms with Crippen LogP contribution in [0.15, 0.2) is 24.3 Å². The molecule has 3 aliphatic heterocycles. The van der Waals surface area contributed by atoms with E-state index >= 15 is 0 Å². The summed E-state index contributed by atoms with van der Waals surface area (Å²) in [6.45, 7) is 6.66. The largest absolute Gasteiger partial charge is 0.444 e. The lowest BCUT2D eigenvalue weighted by Gasteiger charge is -2.35. The lowest BCUT2D eigenvalue weighted by atomic mass is 9.91. The van der Waals surface area contributed by atoms with E-state index in [4.69, 9.17) is 21.2 Å². The third kappa shape index (κ3) is 6.03. The zero-order chi connectivity index (χ0) is 26.0. The van der Waals surface area contributed by atoms with Crippen LogP contribution in [-0.4, -0.2) is 88.3 Å². The van der Waals surface area contributed by atoms with E-state index in [-0.39, 0.29) is 19.6 Å². The van der Waals surface area contributed by atoms with E-state index in [1.165, 1.54) is 20.3 Å². The number of carbonyl (C=O) groups excluding carboxylic acids is 4. The molecule has 3 heterocycles. The maximum absolute atomic E-state index is 12.9. The van der Waals surface area contributed by atoms with Crippen molar-refractivity contribution in [1.82, 2.24) is 19.8 Å². The summed E-state index contributed by atoms with van der Waals surface area (Å²) in [6, 6.07) is 6.25. The molecule has 0 bridgehead atoms. The van der Waals surface area contributed by atoms with Crippen molar-refractivity contribution in [2.24, 2.45) is 5.92 Å². The average molecular weight is 521 g/mol. The second-order valence-corrected chi connectivity index (χ2v) is 10.9. The van der Waals surface area contributed by atoms with E-state index in [0.717, 1.165) is 30.7 Å². The van der Waals surface area contributed by atoms with Gasteiger partial charge in [0.1, 0.15) is 11.6 Å². The number of piperidine rings is 1. The fourth-order valence-corrected chi connectivity index (χ4v) is 4.83. The molecule has 0 saturated carbocycles. The highest BCUT2D eigenvalue weighted by Crippen LogP contribution is 2.26. The number of amides is 5. The van der Waals surface area contributed by atoms with Crippen LogP contribution in [-0.2, 0) is 20.8 Å². The molecule has 0 spiro atoms. The molecule has 36 heavy (non-hydrogen) atoms. The summed E-state index contributed by atoms with van der Waals surface area (Å²) in [5.74, 6) is -0.174. The number of nitrogens with zero attached hydrogens (tertiary/aromatic N) is 4. The van der Waals surface area contributed by atoms with Crippen molar-refractivity contribution >= 4 is 35.7 Å². The number of hydrogen-bond donors (Lipinski definition) is 0. The first-order valence-electron chi connectivity index (χ1n) is 12.4. The van der Waals surface area contributed by atoms with Crippen molar-refractivity contribution in [3.05, 3.63) is 34.9 Å². The molecular formula is C25H33ClN4O6. The van der Waals surface area contributed by atoms with E-state index in [0.29, 0.717) is 24.1 Å². The van der Waals surface area contributed by atoms with Crippen LogP contribution in [0.4, 0.5) is 14.4 Å². The molecule has 11 heteroatoms. The van der Waals surface area contributed by atoms with Crippen molar-refractivity contribution in [1.29, 1.82) is 0 Å². The number of hydroxylamine groups is 2. The van der Waals surface area contributed by atoms with E-state index < -0.39 is 35.8 Å². The van der Waals surface area contributed by atoms with E-state index in [1.807, 2.05) is 24.3 Å². The maximum atomic E-state index is 12.9. The Morgan fingerprint density at radius 3 is 2.28 bits per heavy atom. The van der Waals surface area contributed by atoms with Gasteiger partial charge < -0.3 is 24.3 Å². The molecule has 1 atom stereocenters. The fourth-order valence-electron chi connectivity index (χ4n) is 4.71. The molecule has 3 aliphatic rings. The van der Waals surface area contributed by atoms with Crippen molar-refractivity contribution in [2.75, 3.05) is 32.7 Å². The van der Waals surface area contributed by atoms with Crippen LogP contribution in [0.2, 0.25) is 5.02 Å². The van der Waals surface area contributed by atoms with Gasteiger partial charge in [-0.3, -0.25) is 4.79 Å². The molecule has 3 fully saturated rings. The second-order valence-electron chi connectivity index (χ2n) is 10.5. The number of aryl methyl sites for hydroxylation is 1. The molecule has 0 radical (unpaired) electrons. The maximum Gasteiger partial charge on any atom is 0.434 e. The SMILES string of the molecule is CC(C)(C)OC(=O)N1CCN2C(=O)N(OC(=O)N3CCC(CCc4ccc(Cl)cc4)CC3)C(=O)[C@@H]2C1. The second kappa shape index (κ2) is 10.5. The third-order valence-electron chi connectivity index (χ3n) is 6.73. The summed E-state index contributed by atoms with van der Waals surface area (Å²) in [6.07, 6.45) is 2.35. The average Bonchev–Trinajstić information content (AvgIpc) is 3.07. The smallest absolute Gasteiger partial charge is 0.434 e. The van der Waals surface area contributed by atoms with Crippen molar-refractivity contribution in [3.63, 3.8) is 0 Å². The zero-order valence-electron chi connectivity index (χ0n) is 20.9. The minimum Gasteiger partial charge on any atom is -0.444 e. The standard InChI is InChI=1S/C25H33ClN4O6/c1-25(2,3)35-23(33)28-14-15-29-20(16-28)21(31)30(22(29)32)36-24(34)27-12-10-18(11-13-27)5-4-17-6-8-19(26)9-7-17/h6-9,18,20H,4-5,10-16H2,1-3H3/t20-/m0/s1. The number of carbonyl (C=O) groups is 4. The number of piperazine rings is 1. The lowest BCUT2D eigenvalue weighted by Crippen LogP contribution is -2.55. The highest BCUT2D eigenvalue weighted by atomic mass is 35.5. The van der Waals surface area contributed by atoms with Crippen LogP contribution in [0.3, 0.4) is 0 Å². The molecule has 1 aromatic carbocycles. The molecule has 5 amide bonds. The van der Waals surface area contributed by atoms with Gasteiger partial charge >= 0.3 is 18.2 Å². The first-order chi connectivity index (χ1) is 17.0. The van der Waals surface area contributed by atoms with Gasteiger partial charge in [-0.15, -0.1) is 0 Å². The summed E-state index contributed by atoms with van der Waals surface area (Å²) in [7, 11) is 0. The Morgan fingerprint density at radius 1 is 0.972 bits per heavy atom. The van der Waals surface area contributed by atoms with Crippen LogP contribution in [0, 0.1) is 5.92 Å². The molecule has 0 aromatic heterocycles. The predicted octanol–water partition coefficient (Wildman–Crippen LogP) is 3.92. The van der Waals surface area contributed by atoms with Gasteiger partial charge in [0.15, 0.2) is 0 Å². The van der Waals surface area contributed by atoms with Gasteiger partial charge in [0.25, 0.3) is 5.91 Å². The first-order valence-corrected chi connectivity index (χ1v) is 12.7. The highest BCUT2D eigenvalue weighted by Gasteiger charge is 2.51. The topological polar surface area (TPSA) is 99.7 Å². The number of urea groups is 1. The van der Waals surface area contributed by atoms with E-state index in [2.05, 4.69) is 0 Å². The van der Waals surface area contributed by atoms with Crippen LogP contribution in [0.25, 0.3) is 0 Å². The summed E-state index contributed by atoms with van der Waals surface area (Å²) in [5.41, 5.74) is 0.559. The van der Waals surface area contributed by atoms with E-state index in [9.17, 15) is 19.2 Å². The summed E-state index contributed by atoms with van der Waals surface area (Å²) >= 11 is 5.94. The van der Waals surface area contributed by atoms with Crippen LogP contribution < -0.4 is 0 Å². The number of ether oxygens (including phenoxy) is 1. The Morgan fingerprint density at radius 2 is 1.64 bits per heavy atom. The highest BCUT2D eigenvalue weighted by molar-refractivity contribution is 6.30. The number of halogens is 1. The molecule has 4 rings (SSSR count). The lowest BCUT2D eigenvalue weighted by molar-refractivity contribution is -0.152. The van der Waals surface area contributed by atoms with Crippen LogP contribution in [0.5, 0.6) is 0 Å². The van der Waals surface area contributed by atoms with Gasteiger partial charge in [-0.2, -0.15) is 0 Å². The predicted molar refractivity (Wildman–Crippen MR) is 131 cm³/mol. The molecule has 1 aromatic rings. The molecular weight excluding hydrogens is 488 g/mol. The van der Waals surface area contributed by atoms with Gasteiger partial charge in [-0.1, -0.05) is 28.8 Å². The van der Waals surface area contributed by atoms with Crippen LogP contribution >= 0.6 is 11.6 Å². The number of hydrogen-bond acceptors (Lipinski definition) is 6. The van der Waals surface area contributed by atoms with Gasteiger partial charge in [-0.05, 0) is 70.1 Å². The third-order valence-corrected chi connectivity index (χ3v) is 6.99. The number of likely N-dealkylation sites (tertiary alicyclic amines) is 1. The summed E-state index contributed by atoms with van der Waals surface area (Å²) < 4.78 is 5.38. The van der Waals surface area contributed by atoms with E-state index in [1.54, 1.807) is 20.8 Å². The van der Waals surface area contributed by atoms with Gasteiger partial charge in [0.2, 0.25) is 0 Å². The van der Waals surface area contributed by atoms with Crippen molar-refractivity contribution < 1.29 is 28.8 Å². The van der Waals surface area contributed by atoms with Crippen molar-refractivity contribution in [2.45, 2.75) is 58.1 Å². The van der Waals surface area contributed by atoms with Gasteiger partial charge in [0, 0.05) is 31.2 Å². The first kappa shape index (κ1) is 26.1. The Labute approximate surface area is 216 Å². The summed E-state index contributed by atoms with van der Waals surface area (Å²) in [5, 5.41) is 1.26. The van der Waals surface area contributed by atoms with Crippen molar-refractivity contribution in [3.8, 4) is 0 Å². The zero-order valence-corrected chi connectivity index (χ0v) is 21.7. The number of benzene rings is 1. The Balaban J connectivity index is 1.26. The number of rotatable bonds is 4. The van der Waals surface area contributed by atoms with Gasteiger partial charge in [0.05, 0.1) is 6.54 Å². The Bertz CT molecular complexity index is 1000. The molecule has 3 saturated heterocycles. The minimum absolute atomic E-state index is 0.00739. The Kier molecular flexibility index (Phi) is 7.63. The van der Waals surface area contributed by atoms with Crippen LogP contribution in [0.1, 0.15) is 45.6 Å². The normalized spacial score (nSPS) is 21.1. The monoisotopic (exact) mass is 520 g/mol. The molecule has 196 valence electrons. The minimum atomic E-state index is -0.898.